The summed E-state index contributed by atoms with van der Waals surface area (Å²) in [6, 6.07) is 6.59. The second kappa shape index (κ2) is 19.7. The normalized spacial score (nSPS) is 10.5. The van der Waals surface area contributed by atoms with Gasteiger partial charge in [-0.05, 0) is 62.9 Å². The zero-order valence-corrected chi connectivity index (χ0v) is 21.1. The fourth-order valence-corrected chi connectivity index (χ4v) is 3.18. The monoisotopic (exact) mass is 502 g/mol. The summed E-state index contributed by atoms with van der Waals surface area (Å²) < 4.78 is 14.9. The predicted octanol–water partition coefficient (Wildman–Crippen LogP) is 6.52. The zero-order valence-electron chi connectivity index (χ0n) is 21.1. The highest BCUT2D eigenvalue weighted by Gasteiger charge is 2.06. The summed E-state index contributed by atoms with van der Waals surface area (Å²) in [7, 11) is 0. The van der Waals surface area contributed by atoms with E-state index in [4.69, 9.17) is 9.47 Å². The summed E-state index contributed by atoms with van der Waals surface area (Å²) in [5.41, 5.74) is 1.07. The highest BCUT2D eigenvalue weighted by molar-refractivity contribution is 5.89. The Kier molecular flexibility index (Phi) is 16.6. The van der Waals surface area contributed by atoms with E-state index in [1.54, 1.807) is 36.4 Å². The third-order valence-electron chi connectivity index (χ3n) is 5.00. The lowest BCUT2D eigenvalue weighted by molar-refractivity contribution is -0.138. The molecular formula is C27H38N2O7. The smallest absolute Gasteiger partial charge is 0.411 e. The van der Waals surface area contributed by atoms with Gasteiger partial charge in [-0.15, -0.1) is 0 Å². The number of allylic oxidation sites excluding steroid dienone is 2. The molecule has 0 aliphatic rings. The molecule has 0 spiro atoms. The minimum Gasteiger partial charge on any atom is -0.449 e. The van der Waals surface area contributed by atoms with Gasteiger partial charge in [0.1, 0.15) is 0 Å². The highest BCUT2D eigenvalue weighted by atomic mass is 16.6. The van der Waals surface area contributed by atoms with Crippen molar-refractivity contribution in [3.05, 3.63) is 49.3 Å². The minimum atomic E-state index is -0.559. The average molecular weight is 503 g/mol. The Hall–Kier alpha value is -3.62. The molecule has 0 saturated carbocycles. The van der Waals surface area contributed by atoms with Crippen molar-refractivity contribution in [2.75, 3.05) is 23.8 Å². The fourth-order valence-electron chi connectivity index (χ4n) is 3.18. The van der Waals surface area contributed by atoms with Crippen molar-refractivity contribution in [3.8, 4) is 0 Å². The van der Waals surface area contributed by atoms with Crippen LogP contribution in [0.1, 0.15) is 71.1 Å². The first-order chi connectivity index (χ1) is 17.4. The van der Waals surface area contributed by atoms with Crippen molar-refractivity contribution < 1.29 is 33.4 Å². The first-order valence-electron chi connectivity index (χ1n) is 12.4. The molecule has 1 aromatic rings. The molecule has 1 aromatic carbocycles. The summed E-state index contributed by atoms with van der Waals surface area (Å²) in [5.74, 6) is -0.156. The lowest BCUT2D eigenvalue weighted by Crippen LogP contribution is -2.15. The summed E-state index contributed by atoms with van der Waals surface area (Å²) in [4.78, 5) is 46.3. The van der Waals surface area contributed by atoms with Gasteiger partial charge >= 0.3 is 18.2 Å². The summed E-state index contributed by atoms with van der Waals surface area (Å²) in [5, 5.41) is 5.26. The Labute approximate surface area is 213 Å². The second-order valence-electron chi connectivity index (χ2n) is 8.05. The van der Waals surface area contributed by atoms with E-state index in [0.29, 0.717) is 43.7 Å². The molecule has 0 aliphatic heterocycles. The van der Waals surface area contributed by atoms with E-state index in [-0.39, 0.29) is 18.4 Å². The number of esters is 1. The van der Waals surface area contributed by atoms with E-state index in [1.807, 2.05) is 6.92 Å². The molecule has 0 atom stereocenters. The van der Waals surface area contributed by atoms with Crippen LogP contribution in [-0.4, -0.2) is 37.2 Å². The summed E-state index contributed by atoms with van der Waals surface area (Å²) >= 11 is 0. The molecule has 0 bridgehead atoms. The van der Waals surface area contributed by atoms with E-state index in [9.17, 15) is 19.2 Å². The number of carbonyl (C=O) groups excluding carboxylic acids is 4. The van der Waals surface area contributed by atoms with Gasteiger partial charge in [-0.2, -0.15) is 0 Å². The Morgan fingerprint density at radius 1 is 0.750 bits per heavy atom. The molecular weight excluding hydrogens is 464 g/mol. The van der Waals surface area contributed by atoms with Crippen molar-refractivity contribution in [3.63, 3.8) is 0 Å². The van der Waals surface area contributed by atoms with Crippen molar-refractivity contribution in [1.29, 1.82) is 0 Å². The lowest BCUT2D eigenvalue weighted by atomic mass is 10.1. The maximum absolute atomic E-state index is 11.9. The van der Waals surface area contributed by atoms with Crippen LogP contribution in [0.3, 0.4) is 0 Å². The Morgan fingerprint density at radius 2 is 1.22 bits per heavy atom. The van der Waals surface area contributed by atoms with E-state index in [0.717, 1.165) is 44.8 Å². The van der Waals surface area contributed by atoms with Crippen molar-refractivity contribution in [2.24, 2.45) is 0 Å². The van der Waals surface area contributed by atoms with Gasteiger partial charge in [0, 0.05) is 24.2 Å². The predicted molar refractivity (Wildman–Crippen MR) is 139 cm³/mol. The number of ether oxygens (including phenoxy) is 3. The molecule has 36 heavy (non-hydrogen) atoms. The molecule has 0 unspecified atom stereocenters. The first kappa shape index (κ1) is 30.4. The van der Waals surface area contributed by atoms with Gasteiger partial charge in [0.25, 0.3) is 0 Å². The van der Waals surface area contributed by atoms with Gasteiger partial charge in [0.15, 0.2) is 5.78 Å². The molecule has 2 N–H and O–H groups in total. The standard InChI is InChI=1S/C27H38N2O7/c1-3-13-24(30)14-9-5-7-11-20-35-26(32)28-22-16-18-23(19-17-22)29-27(33)36-21-12-8-6-10-15-25(31)34-4-2/h3-4,13,16-19H,2,5-12,14-15,20-21H2,1H3,(H,28,32)(H,29,33). The van der Waals surface area contributed by atoms with Crippen molar-refractivity contribution in [1.82, 2.24) is 0 Å². The average Bonchev–Trinajstić information content (AvgIpc) is 2.84. The number of nitrogens with one attached hydrogen (secondary N) is 2. The van der Waals surface area contributed by atoms with Crippen LogP contribution in [0.5, 0.6) is 0 Å². The lowest BCUT2D eigenvalue weighted by Gasteiger charge is -2.09. The maximum Gasteiger partial charge on any atom is 0.411 e. The maximum atomic E-state index is 11.9. The summed E-state index contributed by atoms with van der Waals surface area (Å²) in [6.07, 6.45) is 10.7. The topological polar surface area (TPSA) is 120 Å². The molecule has 198 valence electrons. The van der Waals surface area contributed by atoms with Crippen LogP contribution in [-0.2, 0) is 23.8 Å². The first-order valence-corrected chi connectivity index (χ1v) is 12.4. The molecule has 0 aromatic heterocycles. The van der Waals surface area contributed by atoms with E-state index in [1.165, 1.54) is 0 Å². The van der Waals surface area contributed by atoms with E-state index < -0.39 is 12.2 Å². The molecule has 1 rings (SSSR count). The number of amides is 2. The number of hydrogen-bond acceptors (Lipinski definition) is 7. The van der Waals surface area contributed by atoms with E-state index in [2.05, 4.69) is 21.9 Å². The number of benzene rings is 1. The van der Waals surface area contributed by atoms with Gasteiger partial charge in [-0.25, -0.2) is 9.59 Å². The third-order valence-corrected chi connectivity index (χ3v) is 5.00. The van der Waals surface area contributed by atoms with Gasteiger partial charge in [0.05, 0.1) is 19.5 Å². The Bertz CT molecular complexity index is 850. The minimum absolute atomic E-state index is 0.139. The van der Waals surface area contributed by atoms with Crippen LogP contribution in [0.2, 0.25) is 0 Å². The molecule has 0 aliphatic carbocycles. The van der Waals surface area contributed by atoms with Crippen LogP contribution < -0.4 is 10.6 Å². The van der Waals surface area contributed by atoms with Crippen molar-refractivity contribution >= 4 is 35.3 Å². The van der Waals surface area contributed by atoms with Gasteiger partial charge in [0.2, 0.25) is 0 Å². The number of hydrogen-bond donors (Lipinski definition) is 2. The summed E-state index contributed by atoms with van der Waals surface area (Å²) in [6.45, 7) is 5.74. The van der Waals surface area contributed by atoms with Crippen LogP contribution in [0.15, 0.2) is 49.3 Å². The highest BCUT2D eigenvalue weighted by Crippen LogP contribution is 2.14. The zero-order chi connectivity index (χ0) is 26.4. The van der Waals surface area contributed by atoms with Crippen LogP contribution >= 0.6 is 0 Å². The Morgan fingerprint density at radius 3 is 1.69 bits per heavy atom. The molecule has 0 saturated heterocycles. The van der Waals surface area contributed by atoms with Crippen LogP contribution in [0.25, 0.3) is 0 Å². The van der Waals surface area contributed by atoms with E-state index >= 15 is 0 Å². The molecule has 9 heteroatoms. The SMILES string of the molecule is C=COC(=O)CCCCCCOC(=O)Nc1ccc(NC(=O)OCCCCCCC(=O)C=CC)cc1. The fraction of sp³-hybridized carbons (Fsp3) is 0.481. The number of rotatable bonds is 18. The largest absolute Gasteiger partial charge is 0.449 e. The van der Waals surface area contributed by atoms with Crippen molar-refractivity contribution in [2.45, 2.75) is 71.1 Å². The molecule has 0 heterocycles. The number of carbonyl (C=O) groups is 4. The number of ketones is 1. The van der Waals surface area contributed by atoms with Gasteiger partial charge < -0.3 is 14.2 Å². The molecule has 2 amide bonds. The molecule has 9 nitrogen and oxygen atoms in total. The number of unbranched alkanes of at least 4 members (excludes halogenated alkanes) is 6. The third kappa shape index (κ3) is 16.1. The molecule has 0 radical (unpaired) electrons. The van der Waals surface area contributed by atoms with Crippen LogP contribution in [0, 0.1) is 0 Å². The van der Waals surface area contributed by atoms with Crippen LogP contribution in [0.4, 0.5) is 21.0 Å². The Balaban J connectivity index is 2.11. The second-order valence-corrected chi connectivity index (χ2v) is 8.05. The number of anilines is 2. The quantitative estimate of drug-likeness (QED) is 0.0771. The van der Waals surface area contributed by atoms with Gasteiger partial charge in [-0.1, -0.05) is 38.3 Å². The molecule has 0 fully saturated rings. The van der Waals surface area contributed by atoms with Gasteiger partial charge in [-0.3, -0.25) is 20.2 Å².